The van der Waals surface area contributed by atoms with Crippen molar-refractivity contribution >= 4 is 11.8 Å². The first kappa shape index (κ1) is 31.9. The fourth-order valence-electron chi connectivity index (χ4n) is 5.48. The molecule has 0 saturated carbocycles. The van der Waals surface area contributed by atoms with Gasteiger partial charge in [0.05, 0.1) is 40.6 Å². The summed E-state index contributed by atoms with van der Waals surface area (Å²) in [6.45, 7) is 3.99. The van der Waals surface area contributed by atoms with Crippen LogP contribution in [0, 0.1) is 6.92 Å². The minimum absolute atomic E-state index is 0.0415. The van der Waals surface area contributed by atoms with E-state index in [1.807, 2.05) is 13.0 Å². The lowest BCUT2D eigenvalue weighted by atomic mass is 9.96. The van der Waals surface area contributed by atoms with Crippen LogP contribution in [0.1, 0.15) is 80.8 Å². The Morgan fingerprint density at radius 2 is 1.84 bits per heavy atom. The van der Waals surface area contributed by atoms with E-state index < -0.39 is 35.8 Å². The molecule has 1 saturated heterocycles. The highest BCUT2D eigenvalue weighted by atomic mass is 19.4. The van der Waals surface area contributed by atoms with Gasteiger partial charge < -0.3 is 25.1 Å². The molecule has 0 spiro atoms. The number of nitrogens with zero attached hydrogens (tertiary/aromatic N) is 3. The number of likely N-dealkylation sites (tertiary alicyclic amines) is 1. The lowest BCUT2D eigenvalue weighted by Gasteiger charge is -2.30. The van der Waals surface area contributed by atoms with Gasteiger partial charge in [-0.25, -0.2) is 4.98 Å². The van der Waals surface area contributed by atoms with Crippen LogP contribution in [-0.4, -0.2) is 50.5 Å². The Morgan fingerprint density at radius 3 is 2.56 bits per heavy atom. The average Bonchev–Trinajstić information content (AvgIpc) is 3.70. The van der Waals surface area contributed by atoms with Gasteiger partial charge in [-0.2, -0.15) is 13.2 Å². The summed E-state index contributed by atoms with van der Waals surface area (Å²) in [7, 11) is 0. The zero-order valence-electron chi connectivity index (χ0n) is 24.8. The van der Waals surface area contributed by atoms with E-state index in [0.717, 1.165) is 24.2 Å². The van der Waals surface area contributed by atoms with Gasteiger partial charge in [0.1, 0.15) is 12.3 Å². The molecule has 5 rings (SSSR count). The molecule has 4 aromatic rings. The third kappa shape index (κ3) is 7.58. The van der Waals surface area contributed by atoms with Gasteiger partial charge in [0.2, 0.25) is 5.89 Å². The summed E-state index contributed by atoms with van der Waals surface area (Å²) in [5, 5.41) is 17.3. The molecule has 2 amide bonds. The summed E-state index contributed by atoms with van der Waals surface area (Å²) in [5.74, 6) is -0.376. The highest BCUT2D eigenvalue weighted by Gasteiger charge is 2.35. The minimum Gasteiger partial charge on any atom is -0.446 e. The first-order chi connectivity index (χ1) is 21.5. The van der Waals surface area contributed by atoms with Crippen molar-refractivity contribution in [2.45, 2.75) is 63.6 Å². The lowest BCUT2D eigenvalue weighted by Crippen LogP contribution is -2.47. The zero-order chi connectivity index (χ0) is 32.1. The van der Waals surface area contributed by atoms with E-state index in [1.54, 1.807) is 48.4 Å². The Bertz CT molecular complexity index is 1630. The Hall–Kier alpha value is -4.55. The number of aryl methyl sites for hydroxylation is 1. The predicted molar refractivity (Wildman–Crippen MR) is 159 cm³/mol. The summed E-state index contributed by atoms with van der Waals surface area (Å²) in [5.41, 5.74) is 1.41. The molecule has 3 heterocycles. The molecular formula is C33H34F3N5O4. The number of rotatable bonds is 10. The third-order valence-electron chi connectivity index (χ3n) is 7.83. The van der Waals surface area contributed by atoms with Crippen molar-refractivity contribution in [3.63, 3.8) is 0 Å². The summed E-state index contributed by atoms with van der Waals surface area (Å²) < 4.78 is 45.2. The number of nitrogens with one attached hydrogen (secondary N) is 2. The summed E-state index contributed by atoms with van der Waals surface area (Å²) in [6, 6.07) is 13.5. The van der Waals surface area contributed by atoms with Crippen molar-refractivity contribution < 1.29 is 32.3 Å². The predicted octanol–water partition coefficient (Wildman–Crippen LogP) is 5.38. The van der Waals surface area contributed by atoms with Crippen LogP contribution in [0.25, 0.3) is 0 Å². The summed E-state index contributed by atoms with van der Waals surface area (Å²) >= 11 is 0. The minimum atomic E-state index is -4.48. The van der Waals surface area contributed by atoms with E-state index in [4.69, 9.17) is 4.42 Å². The molecule has 0 radical (unpaired) electrons. The van der Waals surface area contributed by atoms with E-state index in [-0.39, 0.29) is 29.6 Å². The smallest absolute Gasteiger partial charge is 0.416 e. The highest BCUT2D eigenvalue weighted by Crippen LogP contribution is 2.33. The quantitative estimate of drug-likeness (QED) is 0.217. The van der Waals surface area contributed by atoms with Gasteiger partial charge in [-0.1, -0.05) is 48.5 Å². The SMILES string of the molecule is Cc1coc(C2CCCN2C(=O)c2cncc(C(=O)NC(C)C(O)C(NCc3cccc(C(F)(F)F)c3)c3ccccc3)c2)n1. The number of oxazole rings is 1. The number of carbonyl (C=O) groups is 2. The number of hydrogen-bond acceptors (Lipinski definition) is 7. The van der Waals surface area contributed by atoms with Crippen LogP contribution in [-0.2, 0) is 12.7 Å². The molecule has 1 aliphatic heterocycles. The normalized spacial score (nSPS) is 17.1. The number of hydrogen-bond donors (Lipinski definition) is 3. The zero-order valence-corrected chi connectivity index (χ0v) is 24.8. The van der Waals surface area contributed by atoms with Gasteiger partial charge in [-0.15, -0.1) is 0 Å². The van der Waals surface area contributed by atoms with Gasteiger partial charge >= 0.3 is 6.18 Å². The molecule has 0 bridgehead atoms. The fraction of sp³-hybridized carbons (Fsp3) is 0.333. The summed E-state index contributed by atoms with van der Waals surface area (Å²) in [4.78, 5) is 36.9. The molecular weight excluding hydrogens is 587 g/mol. The molecule has 9 nitrogen and oxygen atoms in total. The van der Waals surface area contributed by atoms with Crippen LogP contribution in [0.15, 0.2) is 83.7 Å². The summed E-state index contributed by atoms with van der Waals surface area (Å²) in [6.07, 6.45) is 0.123. The van der Waals surface area contributed by atoms with E-state index >= 15 is 0 Å². The Morgan fingerprint density at radius 1 is 1.09 bits per heavy atom. The average molecular weight is 622 g/mol. The van der Waals surface area contributed by atoms with Crippen molar-refractivity contribution in [3.05, 3.63) is 119 Å². The van der Waals surface area contributed by atoms with E-state index in [0.29, 0.717) is 30.0 Å². The van der Waals surface area contributed by atoms with Crippen molar-refractivity contribution in [2.24, 2.45) is 0 Å². The second kappa shape index (κ2) is 13.6. The van der Waals surface area contributed by atoms with E-state index in [2.05, 4.69) is 20.6 Å². The Balaban J connectivity index is 1.28. The van der Waals surface area contributed by atoms with Gasteiger partial charge in [-0.3, -0.25) is 14.6 Å². The molecule has 4 unspecified atom stereocenters. The van der Waals surface area contributed by atoms with Crippen LogP contribution in [0.5, 0.6) is 0 Å². The van der Waals surface area contributed by atoms with Crippen LogP contribution >= 0.6 is 0 Å². The second-order valence-electron chi connectivity index (χ2n) is 11.2. The number of aliphatic hydroxyl groups excluding tert-OH is 1. The van der Waals surface area contributed by atoms with Crippen LogP contribution < -0.4 is 10.6 Å². The molecule has 1 aliphatic rings. The van der Waals surface area contributed by atoms with Gasteiger partial charge in [0, 0.05) is 25.5 Å². The van der Waals surface area contributed by atoms with Gasteiger partial charge in [0.15, 0.2) is 0 Å². The molecule has 3 N–H and O–H groups in total. The number of aliphatic hydroxyl groups is 1. The van der Waals surface area contributed by atoms with Crippen molar-refractivity contribution in [1.29, 1.82) is 0 Å². The number of alkyl halides is 3. The number of pyridine rings is 1. The van der Waals surface area contributed by atoms with E-state index in [1.165, 1.54) is 24.5 Å². The molecule has 4 atom stereocenters. The molecule has 236 valence electrons. The third-order valence-corrected chi connectivity index (χ3v) is 7.83. The molecule has 45 heavy (non-hydrogen) atoms. The first-order valence-corrected chi connectivity index (χ1v) is 14.6. The lowest BCUT2D eigenvalue weighted by molar-refractivity contribution is -0.137. The second-order valence-corrected chi connectivity index (χ2v) is 11.2. The Labute approximate surface area is 258 Å². The highest BCUT2D eigenvalue weighted by molar-refractivity contribution is 5.99. The number of amides is 2. The maximum absolute atomic E-state index is 13.4. The number of halogens is 3. The van der Waals surface area contributed by atoms with Crippen molar-refractivity contribution in [2.75, 3.05) is 6.54 Å². The van der Waals surface area contributed by atoms with Crippen LogP contribution in [0.4, 0.5) is 13.2 Å². The number of aromatic nitrogens is 2. The molecule has 1 fully saturated rings. The van der Waals surface area contributed by atoms with Crippen molar-refractivity contribution in [1.82, 2.24) is 25.5 Å². The topological polar surface area (TPSA) is 121 Å². The number of benzene rings is 2. The molecule has 2 aromatic heterocycles. The Kier molecular flexibility index (Phi) is 9.64. The van der Waals surface area contributed by atoms with Gasteiger partial charge in [-0.05, 0) is 49.9 Å². The largest absolute Gasteiger partial charge is 0.446 e. The maximum Gasteiger partial charge on any atom is 0.416 e. The van der Waals surface area contributed by atoms with Crippen molar-refractivity contribution in [3.8, 4) is 0 Å². The van der Waals surface area contributed by atoms with E-state index in [9.17, 15) is 27.9 Å². The molecule has 2 aromatic carbocycles. The van der Waals surface area contributed by atoms with Crippen LogP contribution in [0.2, 0.25) is 0 Å². The van der Waals surface area contributed by atoms with Gasteiger partial charge in [0.25, 0.3) is 11.8 Å². The molecule has 0 aliphatic carbocycles. The standard InChI is InChI=1S/C33H34F3N5O4/c1-20-19-45-31(39-20)27-12-7-13-41(27)32(44)25-15-24(17-37-18-25)30(43)40-21(2)29(42)28(23-9-4-3-5-10-23)38-16-22-8-6-11-26(14-22)33(34,35)36/h3-6,8-11,14-15,17-19,21,27-29,38,42H,7,12-13,16H2,1-2H3,(H,40,43). The fourth-order valence-corrected chi connectivity index (χ4v) is 5.48. The molecule has 12 heteroatoms. The monoisotopic (exact) mass is 621 g/mol. The number of carbonyl (C=O) groups excluding carboxylic acids is 2. The maximum atomic E-state index is 13.4. The van der Waals surface area contributed by atoms with Crippen LogP contribution in [0.3, 0.4) is 0 Å². The first-order valence-electron chi connectivity index (χ1n) is 14.6.